The maximum absolute atomic E-state index is 11.5. The highest BCUT2D eigenvalue weighted by molar-refractivity contribution is 7.90. The zero-order valence-corrected chi connectivity index (χ0v) is 11.5. The summed E-state index contributed by atoms with van der Waals surface area (Å²) in [6.45, 7) is -0.0354. The summed E-state index contributed by atoms with van der Waals surface area (Å²) in [5.74, 6) is -1.52. The summed E-state index contributed by atoms with van der Waals surface area (Å²) >= 11 is 0. The minimum absolute atomic E-state index is 0.0354. The van der Waals surface area contributed by atoms with Crippen molar-refractivity contribution in [1.82, 2.24) is 4.72 Å². The predicted octanol–water partition coefficient (Wildman–Crippen LogP) is 0.164. The van der Waals surface area contributed by atoms with E-state index in [2.05, 4.69) is 9.46 Å². The maximum Gasteiger partial charge on any atom is 0.322 e. The van der Waals surface area contributed by atoms with Gasteiger partial charge in [0.15, 0.2) is 5.75 Å². The lowest BCUT2D eigenvalue weighted by Crippen LogP contribution is -2.44. The average molecular weight is 279 g/mol. The summed E-state index contributed by atoms with van der Waals surface area (Å²) in [7, 11) is -2.59. The molecule has 0 spiro atoms. The van der Waals surface area contributed by atoms with Crippen LogP contribution in [0.15, 0.2) is 0 Å². The predicted molar refractivity (Wildman–Crippen MR) is 66.5 cm³/mol. The van der Waals surface area contributed by atoms with Gasteiger partial charge in [-0.15, -0.1) is 0 Å². The molecule has 0 amide bonds. The first-order valence-corrected chi connectivity index (χ1v) is 7.79. The van der Waals surface area contributed by atoms with Crippen molar-refractivity contribution in [2.24, 2.45) is 0 Å². The summed E-state index contributed by atoms with van der Waals surface area (Å²) in [6.07, 6.45) is 5.11. The SMILES string of the molecule is COC(=O)CS(=O)(=O)NCC1(O)CCCCCC1. The van der Waals surface area contributed by atoms with E-state index in [9.17, 15) is 18.3 Å². The number of carbonyl (C=O) groups excluding carboxylic acids is 1. The Bertz CT molecular complexity index is 371. The van der Waals surface area contributed by atoms with Gasteiger partial charge in [-0.3, -0.25) is 4.79 Å². The minimum atomic E-state index is -3.73. The Balaban J connectivity index is 2.49. The molecule has 0 atom stereocenters. The van der Waals surface area contributed by atoms with E-state index in [0.29, 0.717) is 12.8 Å². The van der Waals surface area contributed by atoms with Gasteiger partial charge in [-0.1, -0.05) is 25.7 Å². The van der Waals surface area contributed by atoms with Crippen LogP contribution >= 0.6 is 0 Å². The van der Waals surface area contributed by atoms with E-state index < -0.39 is 27.3 Å². The third-order valence-electron chi connectivity index (χ3n) is 3.19. The van der Waals surface area contributed by atoms with Crippen molar-refractivity contribution in [3.05, 3.63) is 0 Å². The van der Waals surface area contributed by atoms with Gasteiger partial charge in [0.25, 0.3) is 0 Å². The summed E-state index contributed by atoms with van der Waals surface area (Å²) in [4.78, 5) is 10.9. The molecular formula is C11H21NO5S. The van der Waals surface area contributed by atoms with Gasteiger partial charge in [0, 0.05) is 6.54 Å². The number of methoxy groups -OCH3 is 1. The number of hydrogen-bond acceptors (Lipinski definition) is 5. The fraction of sp³-hybridized carbons (Fsp3) is 0.909. The molecule has 0 bridgehead atoms. The Kier molecular flexibility index (Phi) is 5.55. The van der Waals surface area contributed by atoms with Crippen LogP contribution in [-0.2, 0) is 19.6 Å². The van der Waals surface area contributed by atoms with E-state index in [1.165, 1.54) is 0 Å². The molecule has 18 heavy (non-hydrogen) atoms. The zero-order valence-electron chi connectivity index (χ0n) is 10.6. The Morgan fingerprint density at radius 2 is 1.83 bits per heavy atom. The highest BCUT2D eigenvalue weighted by atomic mass is 32.2. The van der Waals surface area contributed by atoms with E-state index in [1.807, 2.05) is 0 Å². The first kappa shape index (κ1) is 15.4. The van der Waals surface area contributed by atoms with Crippen LogP contribution in [0, 0.1) is 0 Å². The molecule has 7 heteroatoms. The van der Waals surface area contributed by atoms with Crippen molar-refractivity contribution in [3.63, 3.8) is 0 Å². The zero-order chi connectivity index (χ0) is 13.6. The van der Waals surface area contributed by atoms with Crippen LogP contribution in [-0.4, -0.2) is 44.5 Å². The monoisotopic (exact) mass is 279 g/mol. The molecule has 1 fully saturated rings. The molecular weight excluding hydrogens is 258 g/mol. The van der Waals surface area contributed by atoms with Crippen molar-refractivity contribution in [1.29, 1.82) is 0 Å². The summed E-state index contributed by atoms with van der Waals surface area (Å²) in [6, 6.07) is 0. The van der Waals surface area contributed by atoms with Crippen LogP contribution in [0.3, 0.4) is 0 Å². The fourth-order valence-corrected chi connectivity index (χ4v) is 3.09. The van der Waals surface area contributed by atoms with Crippen LogP contribution in [0.25, 0.3) is 0 Å². The second-order valence-corrected chi connectivity index (χ2v) is 6.60. The topological polar surface area (TPSA) is 92.7 Å². The molecule has 0 aromatic heterocycles. The Morgan fingerprint density at radius 3 is 2.33 bits per heavy atom. The second kappa shape index (κ2) is 6.49. The van der Waals surface area contributed by atoms with Gasteiger partial charge >= 0.3 is 5.97 Å². The Hall–Kier alpha value is -0.660. The van der Waals surface area contributed by atoms with Gasteiger partial charge in [-0.2, -0.15) is 0 Å². The molecule has 0 aromatic carbocycles. The number of aliphatic hydroxyl groups is 1. The number of ether oxygens (including phenoxy) is 1. The summed E-state index contributed by atoms with van der Waals surface area (Å²) in [5.41, 5.74) is -0.986. The lowest BCUT2D eigenvalue weighted by atomic mass is 9.95. The Labute approximate surface area is 108 Å². The first-order valence-electron chi connectivity index (χ1n) is 6.13. The number of rotatable bonds is 5. The molecule has 6 nitrogen and oxygen atoms in total. The molecule has 106 valence electrons. The highest BCUT2D eigenvalue weighted by Gasteiger charge is 2.30. The molecule has 1 saturated carbocycles. The first-order chi connectivity index (χ1) is 8.37. The molecule has 0 aromatic rings. The molecule has 0 unspecified atom stereocenters. The Morgan fingerprint density at radius 1 is 1.28 bits per heavy atom. The van der Waals surface area contributed by atoms with E-state index >= 15 is 0 Å². The van der Waals surface area contributed by atoms with Gasteiger partial charge in [0.1, 0.15) is 0 Å². The lowest BCUT2D eigenvalue weighted by molar-refractivity contribution is -0.137. The van der Waals surface area contributed by atoms with E-state index in [4.69, 9.17) is 0 Å². The number of sulfonamides is 1. The summed E-state index contributed by atoms with van der Waals surface area (Å²) in [5, 5.41) is 10.3. The van der Waals surface area contributed by atoms with Gasteiger partial charge in [0.05, 0.1) is 12.7 Å². The fourth-order valence-electron chi connectivity index (χ4n) is 2.07. The third kappa shape index (κ3) is 5.32. The van der Waals surface area contributed by atoms with E-state index in [1.54, 1.807) is 0 Å². The second-order valence-electron chi connectivity index (χ2n) is 4.79. The van der Waals surface area contributed by atoms with Crippen molar-refractivity contribution in [3.8, 4) is 0 Å². The molecule has 1 rings (SSSR count). The number of hydrogen-bond donors (Lipinski definition) is 2. The molecule has 2 N–H and O–H groups in total. The van der Waals surface area contributed by atoms with E-state index in [-0.39, 0.29) is 6.54 Å². The largest absolute Gasteiger partial charge is 0.468 e. The average Bonchev–Trinajstić information content (AvgIpc) is 2.52. The minimum Gasteiger partial charge on any atom is -0.468 e. The smallest absolute Gasteiger partial charge is 0.322 e. The van der Waals surface area contributed by atoms with Gasteiger partial charge < -0.3 is 9.84 Å². The number of esters is 1. The van der Waals surface area contributed by atoms with Gasteiger partial charge in [-0.25, -0.2) is 13.1 Å². The molecule has 1 aliphatic rings. The molecule has 0 aliphatic heterocycles. The van der Waals surface area contributed by atoms with Gasteiger partial charge in [-0.05, 0) is 12.8 Å². The molecule has 1 aliphatic carbocycles. The molecule has 0 heterocycles. The van der Waals surface area contributed by atoms with Crippen molar-refractivity contribution in [2.45, 2.75) is 44.1 Å². The molecule has 0 radical (unpaired) electrons. The lowest BCUT2D eigenvalue weighted by Gasteiger charge is -2.26. The van der Waals surface area contributed by atoms with E-state index in [0.717, 1.165) is 32.8 Å². The number of carbonyl (C=O) groups is 1. The normalized spacial score (nSPS) is 20.1. The van der Waals surface area contributed by atoms with Gasteiger partial charge in [0.2, 0.25) is 10.0 Å². The van der Waals surface area contributed by atoms with Crippen LogP contribution in [0.2, 0.25) is 0 Å². The van der Waals surface area contributed by atoms with Crippen LogP contribution in [0.1, 0.15) is 38.5 Å². The quantitative estimate of drug-likeness (QED) is 0.552. The van der Waals surface area contributed by atoms with Crippen molar-refractivity contribution < 1.29 is 23.1 Å². The standard InChI is InChI=1S/C11H21NO5S/c1-17-10(13)8-18(15,16)12-9-11(14)6-4-2-3-5-7-11/h12,14H,2-9H2,1H3. The molecule has 0 saturated heterocycles. The van der Waals surface area contributed by atoms with Crippen LogP contribution < -0.4 is 4.72 Å². The van der Waals surface area contributed by atoms with Crippen LogP contribution in [0.5, 0.6) is 0 Å². The van der Waals surface area contributed by atoms with Crippen molar-refractivity contribution >= 4 is 16.0 Å². The van der Waals surface area contributed by atoms with Crippen LogP contribution in [0.4, 0.5) is 0 Å². The maximum atomic E-state index is 11.5. The van der Waals surface area contributed by atoms with Crippen molar-refractivity contribution in [2.75, 3.05) is 19.4 Å². The highest BCUT2D eigenvalue weighted by Crippen LogP contribution is 2.26. The third-order valence-corrected chi connectivity index (χ3v) is 4.39. The summed E-state index contributed by atoms with van der Waals surface area (Å²) < 4.78 is 29.7. The number of nitrogens with one attached hydrogen (secondary N) is 1.